The lowest BCUT2D eigenvalue weighted by Gasteiger charge is -2.34. The number of thioether (sulfide) groups is 1. The van der Waals surface area contributed by atoms with Crippen LogP contribution in [0, 0.1) is 0 Å². The molecule has 1 aliphatic heterocycles. The van der Waals surface area contributed by atoms with E-state index in [1.807, 2.05) is 11.0 Å². The van der Waals surface area contributed by atoms with Crippen LogP contribution in [0.5, 0.6) is 0 Å². The lowest BCUT2D eigenvalue weighted by Crippen LogP contribution is -2.50. The second kappa shape index (κ2) is 10.8. The van der Waals surface area contributed by atoms with Gasteiger partial charge in [0.25, 0.3) is 5.56 Å². The number of benzene rings is 2. The Labute approximate surface area is 211 Å². The third-order valence-electron chi connectivity index (χ3n) is 5.74. The Balaban J connectivity index is 1.48. The molecular formula is C24H24Cl2N4O3S. The van der Waals surface area contributed by atoms with Crippen LogP contribution in [0.1, 0.15) is 19.8 Å². The molecule has 1 fully saturated rings. The maximum Gasteiger partial charge on any atom is 0.266 e. The number of halogens is 2. The molecule has 2 aromatic carbocycles. The molecule has 0 radical (unpaired) electrons. The van der Waals surface area contributed by atoms with E-state index in [1.165, 1.54) is 16.3 Å². The fourth-order valence-electron chi connectivity index (χ4n) is 3.90. The van der Waals surface area contributed by atoms with Crippen molar-refractivity contribution in [3.05, 3.63) is 62.9 Å². The Hall–Kier alpha value is -2.55. The zero-order valence-electron chi connectivity index (χ0n) is 18.7. The molecule has 0 unspecified atom stereocenters. The van der Waals surface area contributed by atoms with Gasteiger partial charge in [-0.05, 0) is 36.8 Å². The average Bonchev–Trinajstić information content (AvgIpc) is 2.83. The molecule has 10 heteroatoms. The number of fused-ring (bicyclic) bond motifs is 1. The summed E-state index contributed by atoms with van der Waals surface area (Å²) >= 11 is 13.9. The summed E-state index contributed by atoms with van der Waals surface area (Å²) in [5, 5.41) is 1.84. The van der Waals surface area contributed by atoms with E-state index in [1.54, 1.807) is 48.2 Å². The molecule has 2 amide bonds. The maximum atomic E-state index is 13.3. The minimum Gasteiger partial charge on any atom is -0.339 e. The molecule has 7 nitrogen and oxygen atoms in total. The van der Waals surface area contributed by atoms with E-state index in [-0.39, 0.29) is 17.4 Å². The number of hydrogen-bond acceptors (Lipinski definition) is 5. The Morgan fingerprint density at radius 2 is 1.74 bits per heavy atom. The number of hydrogen-bond donors (Lipinski definition) is 0. The van der Waals surface area contributed by atoms with E-state index < -0.39 is 0 Å². The molecule has 0 saturated carbocycles. The van der Waals surface area contributed by atoms with Gasteiger partial charge in [0.1, 0.15) is 0 Å². The van der Waals surface area contributed by atoms with Crippen molar-refractivity contribution in [2.45, 2.75) is 24.9 Å². The van der Waals surface area contributed by atoms with E-state index in [2.05, 4.69) is 0 Å². The second-order valence-corrected chi connectivity index (χ2v) is 9.89. The summed E-state index contributed by atoms with van der Waals surface area (Å²) in [6.45, 7) is 3.82. The topological polar surface area (TPSA) is 75.5 Å². The van der Waals surface area contributed by atoms with Gasteiger partial charge in [0.05, 0.1) is 21.6 Å². The number of nitrogens with zero attached hydrogens (tertiary/aromatic N) is 4. The average molecular weight is 519 g/mol. The Morgan fingerprint density at radius 3 is 2.44 bits per heavy atom. The molecule has 4 rings (SSSR count). The maximum absolute atomic E-state index is 13.3. The van der Waals surface area contributed by atoms with Crippen LogP contribution in [0.3, 0.4) is 0 Å². The van der Waals surface area contributed by atoms with Crippen molar-refractivity contribution in [1.82, 2.24) is 19.4 Å². The standard InChI is InChI=1S/C24H24Cl2N4O3S/c1-16(31)28-10-12-29(13-11-28)22(32)7-4-14-34-24-27-20-6-3-2-5-18(20)23(33)30(24)21-9-8-17(25)15-19(21)26/h2-3,5-6,8-9,15H,4,7,10-14H2,1H3. The summed E-state index contributed by atoms with van der Waals surface area (Å²) in [5.41, 5.74) is 0.906. The molecule has 1 aliphatic rings. The normalized spacial score (nSPS) is 14.0. The Morgan fingerprint density at radius 1 is 1.03 bits per heavy atom. The summed E-state index contributed by atoms with van der Waals surface area (Å²) in [4.78, 5) is 45.7. The molecule has 0 aliphatic carbocycles. The highest BCUT2D eigenvalue weighted by Crippen LogP contribution is 2.28. The van der Waals surface area contributed by atoms with Crippen LogP contribution >= 0.6 is 35.0 Å². The molecule has 1 saturated heterocycles. The van der Waals surface area contributed by atoms with E-state index in [4.69, 9.17) is 28.2 Å². The molecule has 0 N–H and O–H groups in total. The van der Waals surface area contributed by atoms with Crippen molar-refractivity contribution in [2.75, 3.05) is 31.9 Å². The van der Waals surface area contributed by atoms with Crippen LogP contribution in [-0.4, -0.2) is 63.1 Å². The predicted molar refractivity (Wildman–Crippen MR) is 136 cm³/mol. The van der Waals surface area contributed by atoms with Crippen molar-refractivity contribution in [1.29, 1.82) is 0 Å². The van der Waals surface area contributed by atoms with Crippen molar-refractivity contribution >= 4 is 57.7 Å². The van der Waals surface area contributed by atoms with Crippen LogP contribution in [0.4, 0.5) is 0 Å². The highest BCUT2D eigenvalue weighted by Gasteiger charge is 2.22. The van der Waals surface area contributed by atoms with Crippen molar-refractivity contribution in [3.63, 3.8) is 0 Å². The summed E-state index contributed by atoms with van der Waals surface area (Å²) in [6.07, 6.45) is 1.03. The number of aromatic nitrogens is 2. The minimum absolute atomic E-state index is 0.0400. The third kappa shape index (κ3) is 5.40. The van der Waals surface area contributed by atoms with E-state index >= 15 is 0 Å². The van der Waals surface area contributed by atoms with Gasteiger partial charge in [-0.25, -0.2) is 4.98 Å². The fraction of sp³-hybridized carbons (Fsp3) is 0.333. The third-order valence-corrected chi connectivity index (χ3v) is 7.30. The molecular weight excluding hydrogens is 495 g/mol. The molecule has 0 atom stereocenters. The highest BCUT2D eigenvalue weighted by molar-refractivity contribution is 7.99. The van der Waals surface area contributed by atoms with Crippen molar-refractivity contribution in [2.24, 2.45) is 0 Å². The van der Waals surface area contributed by atoms with Crippen LogP contribution in [-0.2, 0) is 9.59 Å². The van der Waals surface area contributed by atoms with E-state index in [9.17, 15) is 14.4 Å². The van der Waals surface area contributed by atoms with Gasteiger partial charge in [-0.1, -0.05) is 47.1 Å². The Bertz CT molecular complexity index is 1290. The minimum atomic E-state index is -0.211. The lowest BCUT2D eigenvalue weighted by molar-refractivity contribution is -0.138. The van der Waals surface area contributed by atoms with Crippen LogP contribution < -0.4 is 5.56 Å². The molecule has 34 heavy (non-hydrogen) atoms. The van der Waals surface area contributed by atoms with Gasteiger partial charge >= 0.3 is 0 Å². The molecule has 2 heterocycles. The van der Waals surface area contributed by atoms with Gasteiger partial charge in [-0.15, -0.1) is 0 Å². The van der Waals surface area contributed by atoms with Crippen molar-refractivity contribution in [3.8, 4) is 5.69 Å². The fourth-order valence-corrected chi connectivity index (χ4v) is 5.34. The van der Waals surface area contributed by atoms with Crippen LogP contribution in [0.25, 0.3) is 16.6 Å². The number of rotatable bonds is 6. The van der Waals surface area contributed by atoms with Gasteiger partial charge < -0.3 is 9.80 Å². The highest BCUT2D eigenvalue weighted by atomic mass is 35.5. The smallest absolute Gasteiger partial charge is 0.266 e. The number of amides is 2. The van der Waals surface area contributed by atoms with Gasteiger partial charge in [0.2, 0.25) is 11.8 Å². The summed E-state index contributed by atoms with van der Waals surface area (Å²) < 4.78 is 1.51. The van der Waals surface area contributed by atoms with Crippen LogP contribution in [0.15, 0.2) is 52.4 Å². The number of carbonyl (C=O) groups excluding carboxylic acids is 2. The Kier molecular flexibility index (Phi) is 7.80. The van der Waals surface area contributed by atoms with E-state index in [0.29, 0.717) is 76.6 Å². The first-order valence-corrected chi connectivity index (χ1v) is 12.7. The van der Waals surface area contributed by atoms with Gasteiger partial charge in [0, 0.05) is 50.3 Å². The van der Waals surface area contributed by atoms with Crippen LogP contribution in [0.2, 0.25) is 10.0 Å². The SMILES string of the molecule is CC(=O)N1CCN(C(=O)CCCSc2nc3ccccc3c(=O)n2-c2ccc(Cl)cc2Cl)CC1. The second-order valence-electron chi connectivity index (χ2n) is 7.99. The lowest BCUT2D eigenvalue weighted by atomic mass is 10.2. The zero-order chi connectivity index (χ0) is 24.2. The molecule has 1 aromatic heterocycles. The zero-order valence-corrected chi connectivity index (χ0v) is 21.0. The number of carbonyl (C=O) groups is 2. The quantitative estimate of drug-likeness (QED) is 0.277. The summed E-state index contributed by atoms with van der Waals surface area (Å²) in [6, 6.07) is 12.2. The van der Waals surface area contributed by atoms with Crippen molar-refractivity contribution < 1.29 is 9.59 Å². The monoisotopic (exact) mass is 518 g/mol. The van der Waals surface area contributed by atoms with Gasteiger partial charge in [-0.3, -0.25) is 19.0 Å². The number of para-hydroxylation sites is 1. The van der Waals surface area contributed by atoms with E-state index in [0.717, 1.165) is 0 Å². The first-order valence-electron chi connectivity index (χ1n) is 11.0. The van der Waals surface area contributed by atoms with Gasteiger partial charge in [-0.2, -0.15) is 0 Å². The first kappa shape index (κ1) is 24.6. The molecule has 0 spiro atoms. The summed E-state index contributed by atoms with van der Waals surface area (Å²) in [5.74, 6) is 0.724. The molecule has 0 bridgehead atoms. The predicted octanol–water partition coefficient (Wildman–Crippen LogP) is 4.26. The first-order chi connectivity index (χ1) is 16.3. The number of piperazine rings is 1. The largest absolute Gasteiger partial charge is 0.339 e. The van der Waals surface area contributed by atoms with Gasteiger partial charge in [0.15, 0.2) is 5.16 Å². The molecule has 3 aromatic rings. The molecule has 178 valence electrons. The summed E-state index contributed by atoms with van der Waals surface area (Å²) in [7, 11) is 0.